The number of benzene rings is 1. The number of para-hydroxylation sites is 2. The highest BCUT2D eigenvalue weighted by Crippen LogP contribution is 2.26. The molecule has 0 spiro atoms. The van der Waals surface area contributed by atoms with Gasteiger partial charge in [-0.15, -0.1) is 0 Å². The molecule has 21 heavy (non-hydrogen) atoms. The Kier molecular flexibility index (Phi) is 6.33. The standard InChI is InChI=1S/C17H28N2O2/c1-4-20-16-7-5-6-8-17(16)21-12-11-19-10-9-18-15(13-19)14(2)3/h5-8,14-15,18H,4,9-13H2,1-3H3. The number of nitrogens with one attached hydrogen (secondary N) is 1. The van der Waals surface area contributed by atoms with Crippen LogP contribution in [-0.4, -0.2) is 50.3 Å². The summed E-state index contributed by atoms with van der Waals surface area (Å²) in [6, 6.07) is 8.48. The molecule has 0 radical (unpaired) electrons. The van der Waals surface area contributed by atoms with Gasteiger partial charge in [0, 0.05) is 32.2 Å². The van der Waals surface area contributed by atoms with Crippen molar-refractivity contribution >= 4 is 0 Å². The van der Waals surface area contributed by atoms with Crippen molar-refractivity contribution < 1.29 is 9.47 Å². The van der Waals surface area contributed by atoms with Crippen molar-refractivity contribution in [3.63, 3.8) is 0 Å². The van der Waals surface area contributed by atoms with E-state index in [0.29, 0.717) is 25.2 Å². The summed E-state index contributed by atoms with van der Waals surface area (Å²) in [5, 5.41) is 3.58. The average Bonchev–Trinajstić information content (AvgIpc) is 2.49. The number of hydrogen-bond acceptors (Lipinski definition) is 4. The van der Waals surface area contributed by atoms with Gasteiger partial charge in [0.05, 0.1) is 6.61 Å². The highest BCUT2D eigenvalue weighted by Gasteiger charge is 2.21. The van der Waals surface area contributed by atoms with Gasteiger partial charge in [-0.05, 0) is 25.0 Å². The van der Waals surface area contributed by atoms with Crippen molar-refractivity contribution in [3.05, 3.63) is 24.3 Å². The molecule has 0 aliphatic carbocycles. The highest BCUT2D eigenvalue weighted by molar-refractivity contribution is 5.39. The number of ether oxygens (including phenoxy) is 2. The molecule has 1 aromatic rings. The zero-order valence-electron chi connectivity index (χ0n) is 13.5. The van der Waals surface area contributed by atoms with Crippen molar-refractivity contribution in [1.29, 1.82) is 0 Å². The van der Waals surface area contributed by atoms with Crippen LogP contribution in [-0.2, 0) is 0 Å². The first kappa shape index (κ1) is 16.1. The molecule has 1 unspecified atom stereocenters. The highest BCUT2D eigenvalue weighted by atomic mass is 16.5. The maximum Gasteiger partial charge on any atom is 0.161 e. The summed E-state index contributed by atoms with van der Waals surface area (Å²) in [6.07, 6.45) is 0. The monoisotopic (exact) mass is 292 g/mol. The number of piperazine rings is 1. The van der Waals surface area contributed by atoms with Gasteiger partial charge >= 0.3 is 0 Å². The minimum atomic E-state index is 0.592. The lowest BCUT2D eigenvalue weighted by Crippen LogP contribution is -2.53. The topological polar surface area (TPSA) is 33.7 Å². The van der Waals surface area contributed by atoms with Crippen LogP contribution in [0.4, 0.5) is 0 Å². The first-order valence-corrected chi connectivity index (χ1v) is 8.01. The summed E-state index contributed by atoms with van der Waals surface area (Å²) in [5.74, 6) is 2.35. The van der Waals surface area contributed by atoms with E-state index in [-0.39, 0.29) is 0 Å². The predicted molar refractivity (Wildman–Crippen MR) is 86.2 cm³/mol. The van der Waals surface area contributed by atoms with Crippen LogP contribution in [0.3, 0.4) is 0 Å². The molecular formula is C17H28N2O2. The quantitative estimate of drug-likeness (QED) is 0.837. The molecule has 4 nitrogen and oxygen atoms in total. The van der Waals surface area contributed by atoms with Crippen LogP contribution in [0.25, 0.3) is 0 Å². The number of hydrogen-bond donors (Lipinski definition) is 1. The van der Waals surface area contributed by atoms with Crippen LogP contribution in [0.2, 0.25) is 0 Å². The van der Waals surface area contributed by atoms with Gasteiger partial charge in [0.25, 0.3) is 0 Å². The lowest BCUT2D eigenvalue weighted by molar-refractivity contribution is 0.147. The van der Waals surface area contributed by atoms with E-state index in [4.69, 9.17) is 9.47 Å². The smallest absolute Gasteiger partial charge is 0.161 e. The molecule has 4 heteroatoms. The average molecular weight is 292 g/mol. The molecule has 118 valence electrons. The molecular weight excluding hydrogens is 264 g/mol. The Morgan fingerprint density at radius 3 is 2.62 bits per heavy atom. The van der Waals surface area contributed by atoms with Crippen molar-refractivity contribution in [2.75, 3.05) is 39.4 Å². The Morgan fingerprint density at radius 2 is 1.95 bits per heavy atom. The van der Waals surface area contributed by atoms with Crippen LogP contribution < -0.4 is 14.8 Å². The minimum absolute atomic E-state index is 0.592. The summed E-state index contributed by atoms with van der Waals surface area (Å²) < 4.78 is 11.5. The van der Waals surface area contributed by atoms with Crippen molar-refractivity contribution in [1.82, 2.24) is 10.2 Å². The second-order valence-electron chi connectivity index (χ2n) is 5.83. The molecule has 1 aliphatic heterocycles. The minimum Gasteiger partial charge on any atom is -0.490 e. The van der Waals surface area contributed by atoms with Gasteiger partial charge < -0.3 is 14.8 Å². The Balaban J connectivity index is 1.79. The fourth-order valence-corrected chi connectivity index (χ4v) is 2.62. The summed E-state index contributed by atoms with van der Waals surface area (Å²) in [6.45, 7) is 12.1. The van der Waals surface area contributed by atoms with Crippen molar-refractivity contribution in [2.24, 2.45) is 5.92 Å². The Morgan fingerprint density at radius 1 is 1.24 bits per heavy atom. The summed E-state index contributed by atoms with van der Waals surface area (Å²) >= 11 is 0. The summed E-state index contributed by atoms with van der Waals surface area (Å²) in [4.78, 5) is 2.48. The second-order valence-corrected chi connectivity index (χ2v) is 5.83. The zero-order valence-corrected chi connectivity index (χ0v) is 13.5. The maximum atomic E-state index is 5.90. The van der Waals surface area contributed by atoms with Gasteiger partial charge in [0.2, 0.25) is 0 Å². The zero-order chi connectivity index (χ0) is 15.1. The van der Waals surface area contributed by atoms with E-state index in [0.717, 1.165) is 37.7 Å². The fourth-order valence-electron chi connectivity index (χ4n) is 2.62. The Bertz CT molecular complexity index is 423. The molecule has 1 aliphatic rings. The third-order valence-corrected chi connectivity index (χ3v) is 3.91. The van der Waals surface area contributed by atoms with Crippen molar-refractivity contribution in [3.8, 4) is 11.5 Å². The maximum absolute atomic E-state index is 5.90. The van der Waals surface area contributed by atoms with Gasteiger partial charge in [-0.1, -0.05) is 26.0 Å². The molecule has 0 bridgehead atoms. The van der Waals surface area contributed by atoms with E-state index in [2.05, 4.69) is 24.1 Å². The van der Waals surface area contributed by atoms with Gasteiger partial charge in [-0.2, -0.15) is 0 Å². The Hall–Kier alpha value is -1.26. The van der Waals surface area contributed by atoms with Crippen LogP contribution in [0.5, 0.6) is 11.5 Å². The van der Waals surface area contributed by atoms with Crippen LogP contribution in [0, 0.1) is 5.92 Å². The van der Waals surface area contributed by atoms with E-state index < -0.39 is 0 Å². The normalized spacial score (nSPS) is 19.7. The summed E-state index contributed by atoms with van der Waals surface area (Å²) in [5.41, 5.74) is 0. The van der Waals surface area contributed by atoms with Gasteiger partial charge in [0.1, 0.15) is 6.61 Å². The lowest BCUT2D eigenvalue weighted by Gasteiger charge is -2.35. The first-order valence-electron chi connectivity index (χ1n) is 8.01. The molecule has 0 amide bonds. The first-order chi connectivity index (χ1) is 10.2. The van der Waals surface area contributed by atoms with E-state index >= 15 is 0 Å². The van der Waals surface area contributed by atoms with Crippen molar-refractivity contribution in [2.45, 2.75) is 26.8 Å². The van der Waals surface area contributed by atoms with E-state index in [1.54, 1.807) is 0 Å². The van der Waals surface area contributed by atoms with E-state index in [1.165, 1.54) is 0 Å². The number of rotatable bonds is 7. The molecule has 1 fully saturated rings. The fraction of sp³-hybridized carbons (Fsp3) is 0.647. The third-order valence-electron chi connectivity index (χ3n) is 3.91. The Labute approximate surface area is 128 Å². The SMILES string of the molecule is CCOc1ccccc1OCCN1CCNC(C(C)C)C1. The molecule has 2 rings (SSSR count). The van der Waals surface area contributed by atoms with Gasteiger partial charge in [-0.3, -0.25) is 4.90 Å². The largest absolute Gasteiger partial charge is 0.490 e. The number of nitrogens with zero attached hydrogens (tertiary/aromatic N) is 1. The van der Waals surface area contributed by atoms with Gasteiger partial charge in [-0.25, -0.2) is 0 Å². The van der Waals surface area contributed by atoms with Crippen LogP contribution in [0.15, 0.2) is 24.3 Å². The van der Waals surface area contributed by atoms with Gasteiger partial charge in [0.15, 0.2) is 11.5 Å². The summed E-state index contributed by atoms with van der Waals surface area (Å²) in [7, 11) is 0. The second kappa shape index (κ2) is 8.25. The molecule has 1 saturated heterocycles. The molecule has 1 atom stereocenters. The predicted octanol–water partition coefficient (Wildman–Crippen LogP) is 2.39. The lowest BCUT2D eigenvalue weighted by atomic mass is 10.0. The van der Waals surface area contributed by atoms with E-state index in [1.807, 2.05) is 31.2 Å². The molecule has 1 N–H and O–H groups in total. The molecule has 0 aromatic heterocycles. The molecule has 1 aromatic carbocycles. The third kappa shape index (κ3) is 4.90. The molecule has 0 saturated carbocycles. The van der Waals surface area contributed by atoms with Crippen LogP contribution in [0.1, 0.15) is 20.8 Å². The van der Waals surface area contributed by atoms with E-state index in [9.17, 15) is 0 Å². The van der Waals surface area contributed by atoms with Crippen LogP contribution >= 0.6 is 0 Å². The molecule has 1 heterocycles.